The van der Waals surface area contributed by atoms with E-state index in [-0.39, 0.29) is 5.76 Å². The molecule has 11 heavy (non-hydrogen) atoms. The molecule has 0 saturated heterocycles. The largest absolute Gasteiger partial charge is 0.509 e. The number of allylic oxidation sites excluding steroid dienone is 4. The summed E-state index contributed by atoms with van der Waals surface area (Å²) in [4.78, 5) is 0. The van der Waals surface area contributed by atoms with Crippen LogP contribution in [0.4, 0.5) is 0 Å². The third-order valence-electron chi connectivity index (χ3n) is 1.03. The monoisotopic (exact) mass is 149 g/mol. The van der Waals surface area contributed by atoms with Crippen molar-refractivity contribution in [2.75, 3.05) is 0 Å². The van der Waals surface area contributed by atoms with Gasteiger partial charge < -0.3 is 5.11 Å². The van der Waals surface area contributed by atoms with E-state index in [0.717, 1.165) is 5.57 Å². The Bertz CT molecular complexity index is 230. The van der Waals surface area contributed by atoms with E-state index in [9.17, 15) is 0 Å². The highest BCUT2D eigenvalue weighted by Crippen LogP contribution is 1.98. The van der Waals surface area contributed by atoms with Crippen molar-refractivity contribution in [2.45, 2.75) is 13.3 Å². The lowest BCUT2D eigenvalue weighted by atomic mass is 10.2. The molecule has 0 aromatic carbocycles. The minimum absolute atomic E-state index is 0.0195. The molecule has 0 aromatic rings. The molecule has 0 fully saturated rings. The van der Waals surface area contributed by atoms with Crippen LogP contribution in [0.2, 0.25) is 0 Å². The number of rotatable bonds is 3. The molecule has 0 aliphatic heterocycles. The van der Waals surface area contributed by atoms with Crippen molar-refractivity contribution in [2.24, 2.45) is 0 Å². The van der Waals surface area contributed by atoms with Gasteiger partial charge in [-0.15, -0.1) is 0 Å². The first kappa shape index (κ1) is 9.51. The minimum atomic E-state index is 0.0195. The molecule has 1 N–H and O–H groups in total. The Morgan fingerprint density at radius 1 is 1.73 bits per heavy atom. The highest BCUT2D eigenvalue weighted by Gasteiger charge is 1.82. The summed E-state index contributed by atoms with van der Waals surface area (Å²) in [5.74, 6) is 0.0195. The van der Waals surface area contributed by atoms with E-state index in [0.29, 0.717) is 6.42 Å². The minimum Gasteiger partial charge on any atom is -0.509 e. The van der Waals surface area contributed by atoms with Crippen LogP contribution in [0.5, 0.6) is 0 Å². The van der Waals surface area contributed by atoms with Crippen LogP contribution < -0.4 is 0 Å². The molecule has 0 bridgehead atoms. The molecule has 2 heteroatoms. The fraction of sp³-hybridized carbons (Fsp3) is 0.222. The van der Waals surface area contributed by atoms with Gasteiger partial charge in [0.15, 0.2) is 0 Å². The molecule has 58 valence electrons. The Hall–Kier alpha value is -1.49. The van der Waals surface area contributed by atoms with E-state index in [1.54, 1.807) is 12.2 Å². The van der Waals surface area contributed by atoms with Crippen molar-refractivity contribution >= 4 is 0 Å². The van der Waals surface area contributed by atoms with Crippen molar-refractivity contribution in [3.63, 3.8) is 0 Å². The molecule has 0 atom stereocenters. The molecule has 0 saturated carbocycles. The second kappa shape index (κ2) is 5.31. The second-order valence-electron chi connectivity index (χ2n) is 2.20. The van der Waals surface area contributed by atoms with Crippen LogP contribution in [0.1, 0.15) is 13.3 Å². The SMILES string of the molecule is C=C(O)/C=C\C=C(/C)CC#N. The first-order valence-corrected chi connectivity index (χ1v) is 3.25. The molecular weight excluding hydrogens is 138 g/mol. The summed E-state index contributed by atoms with van der Waals surface area (Å²) in [5.41, 5.74) is 0.963. The third kappa shape index (κ3) is 6.39. The van der Waals surface area contributed by atoms with E-state index in [2.05, 4.69) is 6.58 Å². The lowest BCUT2D eigenvalue weighted by Gasteiger charge is -1.87. The van der Waals surface area contributed by atoms with Crippen LogP contribution in [0.25, 0.3) is 0 Å². The number of nitrogens with zero attached hydrogens (tertiary/aromatic N) is 1. The van der Waals surface area contributed by atoms with Crippen LogP contribution in [0.15, 0.2) is 36.1 Å². The second-order valence-corrected chi connectivity index (χ2v) is 2.20. The third-order valence-corrected chi connectivity index (χ3v) is 1.03. The van der Waals surface area contributed by atoms with E-state index in [4.69, 9.17) is 10.4 Å². The fourth-order valence-electron chi connectivity index (χ4n) is 0.507. The quantitative estimate of drug-likeness (QED) is 0.494. The van der Waals surface area contributed by atoms with Crippen molar-refractivity contribution < 1.29 is 5.11 Å². The van der Waals surface area contributed by atoms with E-state index >= 15 is 0 Å². The lowest BCUT2D eigenvalue weighted by Crippen LogP contribution is -1.71. The predicted octanol–water partition coefficient (Wildman–Crippen LogP) is 2.47. The summed E-state index contributed by atoms with van der Waals surface area (Å²) in [7, 11) is 0. The first-order valence-electron chi connectivity index (χ1n) is 3.25. The van der Waals surface area contributed by atoms with Gasteiger partial charge >= 0.3 is 0 Å². The highest BCUT2D eigenvalue weighted by atomic mass is 16.3. The van der Waals surface area contributed by atoms with Gasteiger partial charge in [0.1, 0.15) is 5.76 Å². The number of aliphatic hydroxyl groups is 1. The number of nitriles is 1. The number of hydrogen-bond donors (Lipinski definition) is 1. The standard InChI is InChI=1S/C9H11NO/c1-8(6-7-10)4-3-5-9(2)11/h3-5,11H,2,6H2,1H3/b5-3-,8-4+. The topological polar surface area (TPSA) is 44.0 Å². The van der Waals surface area contributed by atoms with Gasteiger partial charge in [-0.1, -0.05) is 24.3 Å². The highest BCUT2D eigenvalue weighted by molar-refractivity contribution is 5.18. The molecule has 0 spiro atoms. The summed E-state index contributed by atoms with van der Waals surface area (Å²) < 4.78 is 0. The zero-order chi connectivity index (χ0) is 8.69. The van der Waals surface area contributed by atoms with Crippen LogP contribution >= 0.6 is 0 Å². The first-order chi connectivity index (χ1) is 5.16. The van der Waals surface area contributed by atoms with Crippen LogP contribution in [-0.4, -0.2) is 5.11 Å². The summed E-state index contributed by atoms with van der Waals surface area (Å²) in [6, 6.07) is 2.02. The molecule has 0 aromatic heterocycles. The maximum Gasteiger partial charge on any atom is 0.108 e. The van der Waals surface area contributed by atoms with Gasteiger partial charge in [0.2, 0.25) is 0 Å². The Morgan fingerprint density at radius 2 is 2.36 bits per heavy atom. The van der Waals surface area contributed by atoms with Gasteiger partial charge in [0.05, 0.1) is 12.5 Å². The molecule has 0 amide bonds. The van der Waals surface area contributed by atoms with E-state index in [1.165, 1.54) is 6.08 Å². The average Bonchev–Trinajstić information content (AvgIpc) is 1.87. The van der Waals surface area contributed by atoms with E-state index in [1.807, 2.05) is 13.0 Å². The van der Waals surface area contributed by atoms with Crippen molar-refractivity contribution in [3.05, 3.63) is 36.1 Å². The molecular formula is C9H11NO. The normalized spacial score (nSPS) is 11.5. The van der Waals surface area contributed by atoms with Gasteiger partial charge in [-0.3, -0.25) is 0 Å². The molecule has 0 aliphatic carbocycles. The lowest BCUT2D eigenvalue weighted by molar-refractivity contribution is 0.435. The fourth-order valence-corrected chi connectivity index (χ4v) is 0.507. The predicted molar refractivity (Wildman–Crippen MR) is 44.9 cm³/mol. The Labute approximate surface area is 66.8 Å². The molecule has 0 unspecified atom stereocenters. The molecule has 2 nitrogen and oxygen atoms in total. The Balaban J connectivity index is 3.93. The van der Waals surface area contributed by atoms with E-state index < -0.39 is 0 Å². The van der Waals surface area contributed by atoms with Gasteiger partial charge in [0, 0.05) is 0 Å². The molecule has 0 rings (SSSR count). The maximum absolute atomic E-state index is 8.62. The van der Waals surface area contributed by atoms with Crippen LogP contribution in [0, 0.1) is 11.3 Å². The van der Waals surface area contributed by atoms with Crippen molar-refractivity contribution in [1.82, 2.24) is 0 Å². The smallest absolute Gasteiger partial charge is 0.108 e. The summed E-state index contributed by atoms with van der Waals surface area (Å²) in [6.07, 6.45) is 5.32. The summed E-state index contributed by atoms with van der Waals surface area (Å²) >= 11 is 0. The number of aliphatic hydroxyl groups excluding tert-OH is 1. The summed E-state index contributed by atoms with van der Waals surface area (Å²) in [5, 5.41) is 16.9. The Kier molecular flexibility index (Phi) is 4.59. The summed E-state index contributed by atoms with van der Waals surface area (Å²) in [6.45, 7) is 5.13. The molecule has 0 radical (unpaired) electrons. The maximum atomic E-state index is 8.62. The zero-order valence-electron chi connectivity index (χ0n) is 6.54. The van der Waals surface area contributed by atoms with Gasteiger partial charge in [-0.25, -0.2) is 0 Å². The van der Waals surface area contributed by atoms with Crippen molar-refractivity contribution in [3.8, 4) is 6.07 Å². The van der Waals surface area contributed by atoms with Crippen LogP contribution in [-0.2, 0) is 0 Å². The molecule has 0 heterocycles. The number of hydrogen-bond acceptors (Lipinski definition) is 2. The average molecular weight is 149 g/mol. The van der Waals surface area contributed by atoms with Gasteiger partial charge in [-0.05, 0) is 13.0 Å². The van der Waals surface area contributed by atoms with Crippen LogP contribution in [0.3, 0.4) is 0 Å². The molecule has 0 aliphatic rings. The Morgan fingerprint density at radius 3 is 2.82 bits per heavy atom. The zero-order valence-corrected chi connectivity index (χ0v) is 6.54. The van der Waals surface area contributed by atoms with Crippen molar-refractivity contribution in [1.29, 1.82) is 5.26 Å². The van der Waals surface area contributed by atoms with Gasteiger partial charge in [-0.2, -0.15) is 5.26 Å². The van der Waals surface area contributed by atoms with Gasteiger partial charge in [0.25, 0.3) is 0 Å².